The van der Waals surface area contributed by atoms with Gasteiger partial charge >= 0.3 is 0 Å². The molecular weight excluding hydrogens is 441 g/mol. The van der Waals surface area contributed by atoms with Crippen LogP contribution in [0.2, 0.25) is 0 Å². The number of nitrogens with zero attached hydrogens (tertiary/aromatic N) is 1. The van der Waals surface area contributed by atoms with Crippen LogP contribution in [0.5, 0.6) is 5.75 Å². The van der Waals surface area contributed by atoms with Crippen LogP contribution in [-0.2, 0) is 0 Å². The number of ether oxygens (including phenoxy) is 1. The van der Waals surface area contributed by atoms with E-state index in [9.17, 15) is 0 Å². The molecule has 2 aliphatic rings. The minimum Gasteiger partial charge on any atom is -0.496 e. The first-order valence-electron chi connectivity index (χ1n) is 8.85. The zero-order chi connectivity index (χ0) is 17.2. The molecule has 0 spiro atoms. The molecule has 0 saturated heterocycles. The highest BCUT2D eigenvalue weighted by Crippen LogP contribution is 2.50. The molecule has 1 heterocycles. The molecule has 2 nitrogen and oxygen atoms in total. The maximum absolute atomic E-state index is 5.67. The summed E-state index contributed by atoms with van der Waals surface area (Å²) in [4.78, 5) is 5.25. The lowest BCUT2D eigenvalue weighted by Gasteiger charge is -2.42. The minimum atomic E-state index is 0.190. The number of rotatable bonds is 3. The van der Waals surface area contributed by atoms with E-state index in [-0.39, 0.29) is 6.04 Å². The number of hydrogen-bond acceptors (Lipinski definition) is 3. The van der Waals surface area contributed by atoms with Gasteiger partial charge in [0.15, 0.2) is 0 Å². The van der Waals surface area contributed by atoms with Crippen molar-refractivity contribution in [1.82, 2.24) is 0 Å². The highest BCUT2D eigenvalue weighted by atomic mass is 127. The van der Waals surface area contributed by atoms with Gasteiger partial charge in [-0.25, -0.2) is 0 Å². The number of fused-ring (bicyclic) bond motifs is 1. The average molecular weight is 463 g/mol. The Labute approximate surface area is 167 Å². The van der Waals surface area contributed by atoms with Gasteiger partial charge in [0.25, 0.3) is 0 Å². The molecular formula is C21H22INOS. The molecule has 0 amide bonds. The number of aliphatic imine (C=N–C) groups is 1. The quantitative estimate of drug-likeness (QED) is 0.418. The number of halogens is 1. The molecule has 25 heavy (non-hydrogen) atoms. The van der Waals surface area contributed by atoms with Crippen molar-refractivity contribution in [3.05, 3.63) is 65.7 Å². The summed E-state index contributed by atoms with van der Waals surface area (Å²) in [6, 6.07) is 19.2. The van der Waals surface area contributed by atoms with Gasteiger partial charge in [-0.2, -0.15) is 0 Å². The Kier molecular flexibility index (Phi) is 5.36. The van der Waals surface area contributed by atoms with Crippen LogP contribution in [0.1, 0.15) is 36.4 Å². The number of benzene rings is 2. The van der Waals surface area contributed by atoms with Gasteiger partial charge in [-0.3, -0.25) is 4.99 Å². The van der Waals surface area contributed by atoms with Crippen LogP contribution in [0.25, 0.3) is 0 Å². The van der Waals surface area contributed by atoms with E-state index in [4.69, 9.17) is 9.73 Å². The van der Waals surface area contributed by atoms with E-state index in [1.807, 2.05) is 17.8 Å². The Bertz CT molecular complexity index is 764. The Morgan fingerprint density at radius 1 is 1.04 bits per heavy atom. The molecule has 0 bridgehead atoms. The molecule has 130 valence electrons. The van der Waals surface area contributed by atoms with Crippen LogP contribution >= 0.6 is 34.4 Å². The highest BCUT2D eigenvalue weighted by molar-refractivity contribution is 14.1. The van der Waals surface area contributed by atoms with Gasteiger partial charge in [0.05, 0.1) is 18.2 Å². The third-order valence-electron chi connectivity index (χ3n) is 5.18. The summed E-state index contributed by atoms with van der Waals surface area (Å²) in [5, 5.41) is 1.80. The Balaban J connectivity index is 1.80. The third-order valence-corrected chi connectivity index (χ3v) is 8.58. The Morgan fingerprint density at radius 2 is 1.80 bits per heavy atom. The predicted molar refractivity (Wildman–Crippen MR) is 115 cm³/mol. The monoisotopic (exact) mass is 463 g/mol. The number of para-hydroxylation sites is 1. The lowest BCUT2D eigenvalue weighted by molar-refractivity contribution is 0.320. The molecule has 2 aromatic carbocycles. The second-order valence-corrected chi connectivity index (χ2v) is 9.45. The molecule has 0 aromatic heterocycles. The van der Waals surface area contributed by atoms with E-state index in [1.54, 1.807) is 7.11 Å². The third kappa shape index (κ3) is 3.47. The first-order chi connectivity index (χ1) is 12.3. The lowest BCUT2D eigenvalue weighted by Crippen LogP contribution is -2.38. The summed E-state index contributed by atoms with van der Waals surface area (Å²) in [5.41, 5.74) is 2.47. The fraction of sp³-hybridized carbons (Fsp3) is 0.381. The summed E-state index contributed by atoms with van der Waals surface area (Å²) in [7, 11) is 1.76. The van der Waals surface area contributed by atoms with E-state index in [0.717, 1.165) is 5.75 Å². The fourth-order valence-electron chi connectivity index (χ4n) is 3.96. The number of hydrogen-bond donors (Lipinski definition) is 0. The van der Waals surface area contributed by atoms with Crippen LogP contribution < -0.4 is 4.74 Å². The van der Waals surface area contributed by atoms with Gasteiger partial charge in [-0.05, 0) is 24.8 Å². The van der Waals surface area contributed by atoms with Crippen molar-refractivity contribution in [3.8, 4) is 5.75 Å². The standard InChI is InChI=1S/C21H22INOS/c1-24-18-13-6-5-10-15(18)19-16-11-7-12-17(22)20(16)25-21(23-19)14-8-3-2-4-9-14/h2-6,8-10,13,16-17,19-20H,7,11-12H2,1H3/t16-,17+,19+,20+/m0/s1. The second-order valence-electron chi connectivity index (χ2n) is 6.68. The lowest BCUT2D eigenvalue weighted by atomic mass is 9.80. The van der Waals surface area contributed by atoms with Gasteiger partial charge in [0.2, 0.25) is 0 Å². The topological polar surface area (TPSA) is 21.6 Å². The van der Waals surface area contributed by atoms with Gasteiger partial charge in [-0.15, -0.1) is 11.8 Å². The maximum atomic E-state index is 5.67. The molecule has 4 rings (SSSR count). The molecule has 0 N–H and O–H groups in total. The number of thioether (sulfide) groups is 1. The van der Waals surface area contributed by atoms with Gasteiger partial charge in [0, 0.05) is 20.3 Å². The first kappa shape index (κ1) is 17.4. The molecule has 4 heteroatoms. The van der Waals surface area contributed by atoms with Crippen molar-refractivity contribution in [2.75, 3.05) is 7.11 Å². The van der Waals surface area contributed by atoms with Crippen LogP contribution in [0.3, 0.4) is 0 Å². The maximum Gasteiger partial charge on any atom is 0.124 e. The van der Waals surface area contributed by atoms with Gasteiger partial charge < -0.3 is 4.74 Å². The minimum absolute atomic E-state index is 0.190. The first-order valence-corrected chi connectivity index (χ1v) is 11.0. The zero-order valence-electron chi connectivity index (χ0n) is 14.3. The van der Waals surface area contributed by atoms with E-state index in [0.29, 0.717) is 15.1 Å². The molecule has 1 aliphatic heterocycles. The normalized spacial score (nSPS) is 28.8. The Morgan fingerprint density at radius 3 is 2.60 bits per heavy atom. The smallest absolute Gasteiger partial charge is 0.124 e. The summed E-state index contributed by atoms with van der Waals surface area (Å²) in [6.07, 6.45) is 3.87. The van der Waals surface area contributed by atoms with Crippen LogP contribution in [0.15, 0.2) is 59.6 Å². The van der Waals surface area contributed by atoms with Crippen molar-refractivity contribution in [1.29, 1.82) is 0 Å². The van der Waals surface area contributed by atoms with Crippen molar-refractivity contribution in [3.63, 3.8) is 0 Å². The largest absolute Gasteiger partial charge is 0.496 e. The molecule has 2 aromatic rings. The number of methoxy groups -OCH3 is 1. The van der Waals surface area contributed by atoms with Gasteiger partial charge in [0.1, 0.15) is 5.75 Å². The zero-order valence-corrected chi connectivity index (χ0v) is 17.2. The van der Waals surface area contributed by atoms with E-state index in [2.05, 4.69) is 71.1 Å². The van der Waals surface area contributed by atoms with E-state index < -0.39 is 0 Å². The Hall–Kier alpha value is -1.01. The van der Waals surface area contributed by atoms with E-state index in [1.165, 1.54) is 35.4 Å². The summed E-state index contributed by atoms with van der Waals surface area (Å²) >= 11 is 4.65. The highest BCUT2D eigenvalue weighted by Gasteiger charge is 2.42. The number of alkyl halides is 1. The summed E-state index contributed by atoms with van der Waals surface area (Å²) < 4.78 is 6.37. The fourth-order valence-corrected chi connectivity index (χ4v) is 6.82. The molecule has 4 atom stereocenters. The van der Waals surface area contributed by atoms with Crippen molar-refractivity contribution < 1.29 is 4.74 Å². The van der Waals surface area contributed by atoms with Crippen molar-refractivity contribution >= 4 is 39.4 Å². The molecule has 0 radical (unpaired) electrons. The molecule has 0 unspecified atom stereocenters. The summed E-state index contributed by atoms with van der Waals surface area (Å²) in [5.74, 6) is 1.55. The average Bonchev–Trinajstić information content (AvgIpc) is 2.68. The predicted octanol–water partition coefficient (Wildman–Crippen LogP) is 5.90. The van der Waals surface area contributed by atoms with Crippen LogP contribution in [-0.4, -0.2) is 21.3 Å². The van der Waals surface area contributed by atoms with Crippen LogP contribution in [0, 0.1) is 5.92 Å². The second kappa shape index (κ2) is 7.70. The molecule has 1 fully saturated rings. The summed E-state index contributed by atoms with van der Waals surface area (Å²) in [6.45, 7) is 0. The SMILES string of the molecule is COc1ccccc1[C@H]1N=C(c2ccccc2)S[C@@H]2[C@H]1CCC[C@H]2I. The molecule has 1 aliphatic carbocycles. The van der Waals surface area contributed by atoms with Gasteiger partial charge in [-0.1, -0.05) is 77.5 Å². The molecule has 1 saturated carbocycles. The van der Waals surface area contributed by atoms with Crippen molar-refractivity contribution in [2.45, 2.75) is 34.5 Å². The van der Waals surface area contributed by atoms with Crippen molar-refractivity contribution in [2.24, 2.45) is 10.9 Å². The van der Waals surface area contributed by atoms with E-state index >= 15 is 0 Å². The van der Waals surface area contributed by atoms with Crippen LogP contribution in [0.4, 0.5) is 0 Å².